The summed E-state index contributed by atoms with van der Waals surface area (Å²) in [5, 5.41) is 12.3. The van der Waals surface area contributed by atoms with Crippen molar-refractivity contribution in [2.45, 2.75) is 26.1 Å². The molecule has 0 fully saturated rings. The summed E-state index contributed by atoms with van der Waals surface area (Å²) in [5.41, 5.74) is 1.55. The van der Waals surface area contributed by atoms with Crippen LogP contribution in [-0.4, -0.2) is 32.1 Å². The molecule has 2 N–H and O–H groups in total. The number of aliphatic hydroxyl groups is 1. The minimum absolute atomic E-state index is 0.131. The van der Waals surface area contributed by atoms with Crippen LogP contribution in [0.4, 0.5) is 10.5 Å². The van der Waals surface area contributed by atoms with Crippen molar-refractivity contribution in [1.29, 1.82) is 0 Å². The Hall–Kier alpha value is -2.34. The smallest absolute Gasteiger partial charge is 0.322 e. The van der Waals surface area contributed by atoms with Crippen LogP contribution in [0.5, 0.6) is 0 Å². The normalized spacial score (nSPS) is 15.4. The minimum Gasteiger partial charge on any atom is -0.389 e. The van der Waals surface area contributed by atoms with Gasteiger partial charge >= 0.3 is 6.03 Å². The highest BCUT2D eigenvalue weighted by molar-refractivity contribution is 5.89. The van der Waals surface area contributed by atoms with Crippen LogP contribution < -0.4 is 5.32 Å². The summed E-state index contributed by atoms with van der Waals surface area (Å²) in [6.07, 6.45) is 3.18. The topological polar surface area (TPSA) is 70.4 Å². The fourth-order valence-electron chi connectivity index (χ4n) is 2.39. The summed E-state index contributed by atoms with van der Waals surface area (Å²) in [7, 11) is 0. The highest BCUT2D eigenvalue weighted by Crippen LogP contribution is 2.17. The predicted molar refractivity (Wildman–Crippen MR) is 78.7 cm³/mol. The van der Waals surface area contributed by atoms with Crippen LogP contribution in [0.3, 0.4) is 0 Å². The predicted octanol–water partition coefficient (Wildman–Crippen LogP) is 1.98. The Morgan fingerprint density at radius 3 is 2.81 bits per heavy atom. The Balaban J connectivity index is 1.64. The Bertz CT molecular complexity index is 633. The first-order valence-corrected chi connectivity index (χ1v) is 6.97. The summed E-state index contributed by atoms with van der Waals surface area (Å²) in [6.45, 7) is 3.67. The molecule has 1 aliphatic heterocycles. The summed E-state index contributed by atoms with van der Waals surface area (Å²) in [4.78, 5) is 18.2. The number of anilines is 1. The first-order chi connectivity index (χ1) is 10.1. The number of aromatic nitrogens is 2. The number of benzene rings is 1. The van der Waals surface area contributed by atoms with Gasteiger partial charge in [0, 0.05) is 31.2 Å². The number of nitrogens with one attached hydrogen (secondary N) is 1. The zero-order chi connectivity index (χ0) is 14.8. The molecule has 21 heavy (non-hydrogen) atoms. The molecule has 110 valence electrons. The van der Waals surface area contributed by atoms with E-state index in [-0.39, 0.29) is 6.03 Å². The SMILES string of the molecule is CC(O)c1ccc(NC(=O)N2CCn3ccnc3C2)cc1. The molecule has 0 bridgehead atoms. The van der Waals surface area contributed by atoms with E-state index < -0.39 is 6.10 Å². The number of aliphatic hydroxyl groups excluding tert-OH is 1. The third-order valence-electron chi connectivity index (χ3n) is 3.68. The second kappa shape index (κ2) is 5.57. The van der Waals surface area contributed by atoms with Crippen LogP contribution in [0, 0.1) is 0 Å². The largest absolute Gasteiger partial charge is 0.389 e. The lowest BCUT2D eigenvalue weighted by molar-refractivity contribution is 0.195. The van der Waals surface area contributed by atoms with Crippen molar-refractivity contribution in [3.63, 3.8) is 0 Å². The van der Waals surface area contributed by atoms with Crippen LogP contribution in [0.25, 0.3) is 0 Å². The first kappa shape index (κ1) is 13.6. The van der Waals surface area contributed by atoms with E-state index in [0.717, 1.165) is 23.6 Å². The summed E-state index contributed by atoms with van der Waals surface area (Å²) >= 11 is 0. The van der Waals surface area contributed by atoms with Crippen LogP contribution in [0.15, 0.2) is 36.7 Å². The number of urea groups is 1. The lowest BCUT2D eigenvalue weighted by Crippen LogP contribution is -2.40. The number of carbonyl (C=O) groups excluding carboxylic acids is 1. The Morgan fingerprint density at radius 1 is 1.33 bits per heavy atom. The van der Waals surface area contributed by atoms with Gasteiger partial charge in [-0.25, -0.2) is 9.78 Å². The van der Waals surface area contributed by atoms with E-state index in [1.165, 1.54) is 0 Å². The van der Waals surface area contributed by atoms with Gasteiger partial charge < -0.3 is 19.9 Å². The van der Waals surface area contributed by atoms with Gasteiger partial charge in [-0.1, -0.05) is 12.1 Å². The molecule has 0 saturated carbocycles. The van der Waals surface area contributed by atoms with Gasteiger partial charge in [-0.2, -0.15) is 0 Å². The van der Waals surface area contributed by atoms with Crippen LogP contribution in [-0.2, 0) is 13.1 Å². The molecule has 2 amide bonds. The van der Waals surface area contributed by atoms with Gasteiger partial charge in [-0.3, -0.25) is 0 Å². The number of fused-ring (bicyclic) bond motifs is 1. The number of rotatable bonds is 2. The van der Waals surface area contributed by atoms with E-state index in [2.05, 4.69) is 14.9 Å². The first-order valence-electron chi connectivity index (χ1n) is 6.97. The van der Waals surface area contributed by atoms with Crippen LogP contribution in [0.2, 0.25) is 0 Å². The molecule has 0 aliphatic carbocycles. The molecule has 2 heterocycles. The highest BCUT2D eigenvalue weighted by atomic mass is 16.3. The van der Waals surface area contributed by atoms with Gasteiger partial charge in [0.2, 0.25) is 0 Å². The van der Waals surface area contributed by atoms with Crippen LogP contribution >= 0.6 is 0 Å². The average molecular weight is 286 g/mol. The van der Waals surface area contributed by atoms with E-state index in [0.29, 0.717) is 13.1 Å². The van der Waals surface area contributed by atoms with Gasteiger partial charge in [-0.15, -0.1) is 0 Å². The molecule has 0 radical (unpaired) electrons. The maximum absolute atomic E-state index is 12.2. The zero-order valence-corrected chi connectivity index (χ0v) is 11.9. The van der Waals surface area contributed by atoms with Gasteiger partial charge in [0.15, 0.2) is 0 Å². The molecule has 1 unspecified atom stereocenters. The number of hydrogen-bond donors (Lipinski definition) is 2. The second-order valence-electron chi connectivity index (χ2n) is 5.19. The lowest BCUT2D eigenvalue weighted by atomic mass is 10.1. The van der Waals surface area contributed by atoms with Gasteiger partial charge in [-0.05, 0) is 24.6 Å². The number of imidazole rings is 1. The maximum Gasteiger partial charge on any atom is 0.322 e. The number of hydrogen-bond acceptors (Lipinski definition) is 3. The highest BCUT2D eigenvalue weighted by Gasteiger charge is 2.21. The molecule has 1 aromatic carbocycles. The second-order valence-corrected chi connectivity index (χ2v) is 5.19. The number of carbonyl (C=O) groups is 1. The van der Waals surface area contributed by atoms with E-state index >= 15 is 0 Å². The lowest BCUT2D eigenvalue weighted by Gasteiger charge is -2.27. The summed E-state index contributed by atoms with van der Waals surface area (Å²) in [6, 6.07) is 7.08. The quantitative estimate of drug-likeness (QED) is 0.887. The molecular weight excluding hydrogens is 268 g/mol. The van der Waals surface area contributed by atoms with Gasteiger partial charge in [0.1, 0.15) is 5.82 Å². The van der Waals surface area contributed by atoms with Crippen molar-refractivity contribution in [3.8, 4) is 0 Å². The molecule has 1 atom stereocenters. The molecular formula is C15H18N4O2. The molecule has 6 nitrogen and oxygen atoms in total. The standard InChI is InChI=1S/C15H18N4O2/c1-11(20)12-2-4-13(5-3-12)17-15(21)19-9-8-18-7-6-16-14(18)10-19/h2-7,11,20H,8-10H2,1H3,(H,17,21). The number of nitrogens with zero attached hydrogens (tertiary/aromatic N) is 3. The van der Waals surface area contributed by atoms with Crippen molar-refractivity contribution in [2.24, 2.45) is 0 Å². The molecule has 0 saturated heterocycles. The molecule has 2 aromatic rings. The van der Waals surface area contributed by atoms with Crippen molar-refractivity contribution >= 4 is 11.7 Å². The third-order valence-corrected chi connectivity index (χ3v) is 3.68. The van der Waals surface area contributed by atoms with Gasteiger partial charge in [0.25, 0.3) is 0 Å². The zero-order valence-electron chi connectivity index (χ0n) is 11.9. The van der Waals surface area contributed by atoms with Gasteiger partial charge in [0.05, 0.1) is 12.6 Å². The molecule has 1 aliphatic rings. The van der Waals surface area contributed by atoms with E-state index in [4.69, 9.17) is 0 Å². The van der Waals surface area contributed by atoms with Crippen molar-refractivity contribution in [2.75, 3.05) is 11.9 Å². The maximum atomic E-state index is 12.2. The summed E-state index contributed by atoms with van der Waals surface area (Å²) < 4.78 is 2.06. The Morgan fingerprint density at radius 2 is 2.10 bits per heavy atom. The molecule has 6 heteroatoms. The monoisotopic (exact) mass is 286 g/mol. The van der Waals surface area contributed by atoms with Crippen LogP contribution in [0.1, 0.15) is 24.4 Å². The van der Waals surface area contributed by atoms with Crippen molar-refractivity contribution in [3.05, 3.63) is 48.0 Å². The van der Waals surface area contributed by atoms with E-state index in [9.17, 15) is 9.90 Å². The summed E-state index contributed by atoms with van der Waals surface area (Å²) in [5.74, 6) is 0.904. The molecule has 1 aromatic heterocycles. The fourth-order valence-corrected chi connectivity index (χ4v) is 2.39. The fraction of sp³-hybridized carbons (Fsp3) is 0.333. The van der Waals surface area contributed by atoms with Crippen molar-refractivity contribution < 1.29 is 9.90 Å². The molecule has 3 rings (SSSR count). The Labute approximate surface area is 123 Å². The number of amides is 2. The van der Waals surface area contributed by atoms with Crippen molar-refractivity contribution in [1.82, 2.24) is 14.5 Å². The molecule has 0 spiro atoms. The van der Waals surface area contributed by atoms with E-state index in [1.54, 1.807) is 30.2 Å². The average Bonchev–Trinajstić information content (AvgIpc) is 2.95. The Kier molecular flexibility index (Phi) is 3.62. The van der Waals surface area contributed by atoms with E-state index in [1.807, 2.05) is 18.3 Å². The minimum atomic E-state index is -0.504. The third kappa shape index (κ3) is 2.90.